The Morgan fingerprint density at radius 3 is 2.24 bits per heavy atom. The van der Waals surface area contributed by atoms with Gasteiger partial charge in [0.05, 0.1) is 0 Å². The van der Waals surface area contributed by atoms with Crippen molar-refractivity contribution in [2.75, 3.05) is 13.1 Å². The second-order valence-electron chi connectivity index (χ2n) is 3.56. The van der Waals surface area contributed by atoms with E-state index in [1.165, 1.54) is 11.2 Å². The maximum atomic E-state index is 12.1. The van der Waals surface area contributed by atoms with Crippen LogP contribution in [0.15, 0.2) is 4.99 Å². The number of rotatable bonds is 4. The molecule has 0 spiro atoms. The summed E-state index contributed by atoms with van der Waals surface area (Å²) in [6.07, 6.45) is 0. The normalized spacial score (nSPS) is 21.4. The smallest absolute Gasteiger partial charge is 0.275 e. The Morgan fingerprint density at radius 1 is 1.29 bits per heavy atom. The third kappa shape index (κ3) is 2.52. The van der Waals surface area contributed by atoms with E-state index in [-0.39, 0.29) is 18.8 Å². The fourth-order valence-electron chi connectivity index (χ4n) is 1.69. The molecule has 1 N–H and O–H groups in total. The summed E-state index contributed by atoms with van der Waals surface area (Å²) in [6, 6.07) is -0.821. The quantitative estimate of drug-likeness (QED) is 0.754. The van der Waals surface area contributed by atoms with Crippen molar-refractivity contribution in [3.8, 4) is 0 Å². The van der Waals surface area contributed by atoms with Gasteiger partial charge in [0.2, 0.25) is 10.0 Å². The highest BCUT2D eigenvalue weighted by molar-refractivity contribution is 7.91. The maximum absolute atomic E-state index is 12.1. The van der Waals surface area contributed by atoms with Gasteiger partial charge in [0, 0.05) is 18.8 Å². The first-order valence-corrected chi connectivity index (χ1v) is 6.73. The van der Waals surface area contributed by atoms with Gasteiger partial charge < -0.3 is 0 Å². The molecule has 0 radical (unpaired) electrons. The lowest BCUT2D eigenvalue weighted by molar-refractivity contribution is -0.118. The Kier molecular flexibility index (Phi) is 3.99. The molecule has 96 valence electrons. The Labute approximate surface area is 99.9 Å². The van der Waals surface area contributed by atoms with Crippen molar-refractivity contribution in [3.05, 3.63) is 0 Å². The lowest BCUT2D eigenvalue weighted by Crippen LogP contribution is -2.54. The zero-order chi connectivity index (χ0) is 13.2. The van der Waals surface area contributed by atoms with Crippen LogP contribution < -0.4 is 5.32 Å². The van der Waals surface area contributed by atoms with Crippen LogP contribution in [0.1, 0.15) is 20.8 Å². The molecule has 8 heteroatoms. The molecule has 0 bridgehead atoms. The van der Waals surface area contributed by atoms with Crippen molar-refractivity contribution in [3.63, 3.8) is 0 Å². The van der Waals surface area contributed by atoms with Gasteiger partial charge in [0.1, 0.15) is 0 Å². The molecular weight excluding hydrogens is 246 g/mol. The van der Waals surface area contributed by atoms with Crippen LogP contribution in [0, 0.1) is 0 Å². The highest BCUT2D eigenvalue weighted by Gasteiger charge is 2.41. The van der Waals surface area contributed by atoms with Gasteiger partial charge in [0.25, 0.3) is 5.91 Å². The minimum atomic E-state index is -3.81. The Morgan fingerprint density at radius 2 is 1.82 bits per heavy atom. The highest BCUT2D eigenvalue weighted by atomic mass is 32.2. The monoisotopic (exact) mass is 261 g/mol. The van der Waals surface area contributed by atoms with Gasteiger partial charge in [0.15, 0.2) is 5.25 Å². The first-order chi connectivity index (χ1) is 7.84. The van der Waals surface area contributed by atoms with E-state index in [4.69, 9.17) is 0 Å². The van der Waals surface area contributed by atoms with Crippen LogP contribution in [-0.2, 0) is 14.8 Å². The van der Waals surface area contributed by atoms with Crippen molar-refractivity contribution in [2.24, 2.45) is 4.99 Å². The first-order valence-electron chi connectivity index (χ1n) is 5.23. The van der Waals surface area contributed by atoms with E-state index in [1.54, 1.807) is 13.8 Å². The van der Waals surface area contributed by atoms with E-state index in [9.17, 15) is 18.0 Å². The second kappa shape index (κ2) is 4.92. The maximum Gasteiger partial charge on any atom is 0.347 e. The number of hydrogen-bond donors (Lipinski definition) is 1. The van der Waals surface area contributed by atoms with Crippen molar-refractivity contribution in [1.82, 2.24) is 9.62 Å². The molecule has 1 atom stereocenters. The molecule has 0 fully saturated rings. The van der Waals surface area contributed by atoms with E-state index < -0.39 is 27.2 Å². The van der Waals surface area contributed by atoms with Crippen molar-refractivity contribution in [1.29, 1.82) is 0 Å². The molecule has 0 aliphatic carbocycles. The van der Waals surface area contributed by atoms with Gasteiger partial charge in [-0.05, 0) is 6.92 Å². The zero-order valence-electron chi connectivity index (χ0n) is 9.93. The van der Waals surface area contributed by atoms with E-state index >= 15 is 0 Å². The summed E-state index contributed by atoms with van der Waals surface area (Å²) in [7, 11) is -3.81. The molecule has 1 rings (SSSR count). The van der Waals surface area contributed by atoms with E-state index in [0.717, 1.165) is 0 Å². The van der Waals surface area contributed by atoms with Gasteiger partial charge in [-0.15, -0.1) is 0 Å². The average molecular weight is 261 g/mol. The first kappa shape index (κ1) is 13.8. The summed E-state index contributed by atoms with van der Waals surface area (Å²) in [5.74, 6) is -0.839. The summed E-state index contributed by atoms with van der Waals surface area (Å²) in [5, 5.41) is 0.495. The molecule has 7 nitrogen and oxygen atoms in total. The van der Waals surface area contributed by atoms with Gasteiger partial charge >= 0.3 is 6.03 Å². The minimum Gasteiger partial charge on any atom is -0.275 e. The number of urea groups is 1. The molecule has 1 aliphatic rings. The van der Waals surface area contributed by atoms with Crippen molar-refractivity contribution in [2.45, 2.75) is 26.0 Å². The number of amides is 3. The Balaban J connectivity index is 3.19. The molecule has 1 heterocycles. The summed E-state index contributed by atoms with van der Waals surface area (Å²) < 4.78 is 25.5. The van der Waals surface area contributed by atoms with Crippen LogP contribution in [0.4, 0.5) is 4.79 Å². The minimum absolute atomic E-state index is 0.00523. The molecular formula is C9H15N3O4S. The molecule has 0 saturated heterocycles. The lowest BCUT2D eigenvalue weighted by atomic mass is 10.2. The fraction of sp³-hybridized carbons (Fsp3) is 0.667. The number of imide groups is 1. The SMILES string of the molecule is CCN(CC)S(=O)(=O)C1C(=O)NC(=O)N=C1C. The molecule has 0 aromatic rings. The molecule has 1 unspecified atom stereocenters. The number of sulfonamides is 1. The molecule has 3 amide bonds. The van der Waals surface area contributed by atoms with Gasteiger partial charge in [-0.3, -0.25) is 10.1 Å². The average Bonchev–Trinajstić information content (AvgIpc) is 2.16. The van der Waals surface area contributed by atoms with E-state index in [0.29, 0.717) is 0 Å². The van der Waals surface area contributed by atoms with Crippen molar-refractivity contribution >= 4 is 27.7 Å². The number of nitrogens with zero attached hydrogens (tertiary/aromatic N) is 2. The standard InChI is InChI=1S/C9H15N3O4S/c1-4-12(5-2)17(15,16)7-6(3)10-9(14)11-8(7)13/h7H,4-5H2,1-3H3,(H,11,13,14). The third-order valence-corrected chi connectivity index (χ3v) is 4.88. The van der Waals surface area contributed by atoms with E-state index in [1.807, 2.05) is 5.32 Å². The number of nitrogens with one attached hydrogen (secondary N) is 1. The molecule has 1 aliphatic heterocycles. The Bertz CT molecular complexity index is 465. The van der Waals surface area contributed by atoms with E-state index in [2.05, 4.69) is 4.99 Å². The number of carbonyl (C=O) groups excluding carboxylic acids is 2. The summed E-state index contributed by atoms with van der Waals surface area (Å²) >= 11 is 0. The van der Waals surface area contributed by atoms with Crippen LogP contribution >= 0.6 is 0 Å². The predicted molar refractivity (Wildman–Crippen MR) is 62.3 cm³/mol. The van der Waals surface area contributed by atoms with Crippen LogP contribution in [0.5, 0.6) is 0 Å². The topological polar surface area (TPSA) is 95.9 Å². The number of carbonyl (C=O) groups is 2. The van der Waals surface area contributed by atoms with Crippen LogP contribution in [0.3, 0.4) is 0 Å². The van der Waals surface area contributed by atoms with Crippen LogP contribution in [0.25, 0.3) is 0 Å². The number of aliphatic imine (C=N–C) groups is 1. The molecule has 0 aromatic heterocycles. The third-order valence-electron chi connectivity index (χ3n) is 2.49. The molecule has 17 heavy (non-hydrogen) atoms. The molecule has 0 aromatic carbocycles. The zero-order valence-corrected chi connectivity index (χ0v) is 10.7. The van der Waals surface area contributed by atoms with Crippen LogP contribution in [0.2, 0.25) is 0 Å². The van der Waals surface area contributed by atoms with Gasteiger partial charge in [-0.25, -0.2) is 22.5 Å². The Hall–Kier alpha value is -1.28. The lowest BCUT2D eigenvalue weighted by Gasteiger charge is -2.26. The van der Waals surface area contributed by atoms with Crippen LogP contribution in [-0.4, -0.2) is 48.7 Å². The highest BCUT2D eigenvalue weighted by Crippen LogP contribution is 2.14. The predicted octanol–water partition coefficient (Wildman–Crippen LogP) is -0.263. The summed E-state index contributed by atoms with van der Waals surface area (Å²) in [6.45, 7) is 5.26. The van der Waals surface area contributed by atoms with Crippen molar-refractivity contribution < 1.29 is 18.0 Å². The largest absolute Gasteiger partial charge is 0.347 e. The van der Waals surface area contributed by atoms with Gasteiger partial charge in [-0.1, -0.05) is 13.8 Å². The summed E-state index contributed by atoms with van der Waals surface area (Å²) in [4.78, 5) is 26.0. The summed E-state index contributed by atoms with van der Waals surface area (Å²) in [5.41, 5.74) is 0.00523. The fourth-order valence-corrected chi connectivity index (χ4v) is 3.52. The molecule has 0 saturated carbocycles. The van der Waals surface area contributed by atoms with Gasteiger partial charge in [-0.2, -0.15) is 0 Å². The number of hydrogen-bond acceptors (Lipinski definition) is 4. The second-order valence-corrected chi connectivity index (χ2v) is 5.57.